The summed E-state index contributed by atoms with van der Waals surface area (Å²) in [7, 11) is 0. The van der Waals surface area contributed by atoms with Crippen molar-refractivity contribution in [3.05, 3.63) is 122 Å². The van der Waals surface area contributed by atoms with Gasteiger partial charge in [0.15, 0.2) is 11.2 Å². The predicted molar refractivity (Wildman–Crippen MR) is 139 cm³/mol. The summed E-state index contributed by atoms with van der Waals surface area (Å²) in [6.07, 6.45) is 0. The van der Waals surface area contributed by atoms with Gasteiger partial charge in [0.25, 0.3) is 5.91 Å². The molecular weight excluding hydrogens is 492 g/mol. The van der Waals surface area contributed by atoms with Crippen LogP contribution in [0, 0.1) is 13.8 Å². The molecule has 0 aliphatic carbocycles. The topological polar surface area (TPSA) is 85.8 Å². The number of rotatable bonds is 5. The molecule has 0 spiro atoms. The molecule has 0 saturated heterocycles. The molecule has 0 N–H and O–H groups in total. The zero-order valence-corrected chi connectivity index (χ0v) is 20.8. The lowest BCUT2D eigenvalue weighted by molar-refractivity contribution is 0.0969. The van der Waals surface area contributed by atoms with Crippen molar-refractivity contribution in [2.45, 2.75) is 26.5 Å². The van der Waals surface area contributed by atoms with Gasteiger partial charge < -0.3 is 13.7 Å². The predicted octanol–water partition coefficient (Wildman–Crippen LogP) is 6.38. The fourth-order valence-corrected chi connectivity index (χ4v) is 4.75. The largest absolute Gasteiger partial charge is 0.489 e. The summed E-state index contributed by atoms with van der Waals surface area (Å²) in [6.45, 7) is 3.98. The second kappa shape index (κ2) is 8.94. The Kier molecular flexibility index (Phi) is 5.57. The van der Waals surface area contributed by atoms with Crippen molar-refractivity contribution in [1.29, 1.82) is 0 Å². The van der Waals surface area contributed by atoms with E-state index < -0.39 is 11.9 Å². The second-order valence-corrected chi connectivity index (χ2v) is 9.47. The molecule has 3 heterocycles. The highest BCUT2D eigenvalue weighted by Gasteiger charge is 2.45. The van der Waals surface area contributed by atoms with E-state index in [4.69, 9.17) is 25.3 Å². The average molecular weight is 513 g/mol. The molecule has 37 heavy (non-hydrogen) atoms. The Hall–Kier alpha value is -4.36. The van der Waals surface area contributed by atoms with Crippen LogP contribution < -0.4 is 15.1 Å². The molecule has 7 nitrogen and oxygen atoms in total. The van der Waals surface area contributed by atoms with Crippen LogP contribution in [0.2, 0.25) is 5.02 Å². The van der Waals surface area contributed by atoms with Crippen LogP contribution in [0.1, 0.15) is 44.6 Å². The van der Waals surface area contributed by atoms with Gasteiger partial charge in [-0.2, -0.15) is 0 Å². The van der Waals surface area contributed by atoms with Crippen LogP contribution in [-0.4, -0.2) is 11.1 Å². The van der Waals surface area contributed by atoms with Crippen LogP contribution in [0.3, 0.4) is 0 Å². The highest BCUT2D eigenvalue weighted by molar-refractivity contribution is 6.30. The van der Waals surface area contributed by atoms with E-state index in [1.807, 2.05) is 49.4 Å². The standard InChI is InChI=1S/C29H21ClN2O5/c1-16-6-11-23-22(12-16)27(33)25-26(32(29(34)28(25)36-23)24-13-17(2)37-31-24)19-4-3-5-21(14-19)35-15-18-7-9-20(30)10-8-18/h3-14,26H,15H2,1-2H3/t26-/m1/s1. The van der Waals surface area contributed by atoms with E-state index >= 15 is 0 Å². The summed E-state index contributed by atoms with van der Waals surface area (Å²) >= 11 is 5.98. The molecule has 6 rings (SSSR count). The summed E-state index contributed by atoms with van der Waals surface area (Å²) in [6, 6.07) is 20.9. The molecule has 1 amide bonds. The minimum atomic E-state index is -0.771. The van der Waals surface area contributed by atoms with Gasteiger partial charge in [0, 0.05) is 11.1 Å². The SMILES string of the molecule is Cc1ccc2oc3c(c(=O)c2c1)[C@@H](c1cccc(OCc2ccc(Cl)cc2)c1)N(c1cc(C)on1)C3=O. The molecular formula is C29H21ClN2O5. The lowest BCUT2D eigenvalue weighted by atomic mass is 9.98. The number of hydrogen-bond acceptors (Lipinski definition) is 6. The van der Waals surface area contributed by atoms with E-state index in [0.717, 1.165) is 11.1 Å². The van der Waals surface area contributed by atoms with E-state index in [2.05, 4.69) is 5.16 Å². The van der Waals surface area contributed by atoms with Gasteiger partial charge in [0.2, 0.25) is 5.76 Å². The summed E-state index contributed by atoms with van der Waals surface area (Å²) in [4.78, 5) is 28.9. The maximum atomic E-state index is 13.8. The Labute approximate surface area is 216 Å². The zero-order valence-electron chi connectivity index (χ0n) is 20.0. The van der Waals surface area contributed by atoms with Crippen molar-refractivity contribution in [1.82, 2.24) is 5.16 Å². The van der Waals surface area contributed by atoms with Gasteiger partial charge in [-0.1, -0.05) is 52.7 Å². The smallest absolute Gasteiger partial charge is 0.296 e. The van der Waals surface area contributed by atoms with E-state index in [1.54, 1.807) is 37.3 Å². The summed E-state index contributed by atoms with van der Waals surface area (Å²) < 4.78 is 17.3. The number of carbonyl (C=O) groups is 1. The average Bonchev–Trinajstić information content (AvgIpc) is 3.45. The third-order valence-electron chi connectivity index (χ3n) is 6.38. The summed E-state index contributed by atoms with van der Waals surface area (Å²) in [5, 5.41) is 5.14. The number of benzene rings is 3. The molecule has 2 aromatic heterocycles. The highest BCUT2D eigenvalue weighted by Crippen LogP contribution is 2.41. The summed E-state index contributed by atoms with van der Waals surface area (Å²) in [5.74, 6) is 0.967. The monoisotopic (exact) mass is 512 g/mol. The molecule has 1 atom stereocenters. The van der Waals surface area contributed by atoms with Crippen LogP contribution in [0.15, 0.2) is 86.5 Å². The minimum absolute atomic E-state index is 0.000471. The van der Waals surface area contributed by atoms with Gasteiger partial charge in [0.1, 0.15) is 23.7 Å². The minimum Gasteiger partial charge on any atom is -0.489 e. The summed E-state index contributed by atoms with van der Waals surface area (Å²) in [5.41, 5.74) is 2.92. The Morgan fingerprint density at radius 3 is 2.57 bits per heavy atom. The number of ether oxygens (including phenoxy) is 1. The van der Waals surface area contributed by atoms with Crippen molar-refractivity contribution in [3.8, 4) is 5.75 Å². The van der Waals surface area contributed by atoms with Gasteiger partial charge in [-0.25, -0.2) is 0 Å². The van der Waals surface area contributed by atoms with Gasteiger partial charge in [-0.05, 0) is 61.4 Å². The van der Waals surface area contributed by atoms with Crippen LogP contribution in [-0.2, 0) is 6.61 Å². The molecule has 1 aliphatic rings. The highest BCUT2D eigenvalue weighted by atomic mass is 35.5. The van der Waals surface area contributed by atoms with E-state index in [9.17, 15) is 9.59 Å². The van der Waals surface area contributed by atoms with Gasteiger partial charge in [0.05, 0.1) is 17.0 Å². The maximum absolute atomic E-state index is 13.8. The van der Waals surface area contributed by atoms with Crippen LogP contribution in [0.25, 0.3) is 11.0 Å². The van der Waals surface area contributed by atoms with Crippen molar-refractivity contribution >= 4 is 34.3 Å². The molecule has 0 saturated carbocycles. The third-order valence-corrected chi connectivity index (χ3v) is 6.63. The first-order chi connectivity index (χ1) is 17.9. The zero-order chi connectivity index (χ0) is 25.7. The lowest BCUT2D eigenvalue weighted by Gasteiger charge is -2.23. The van der Waals surface area contributed by atoms with Crippen molar-refractivity contribution in [2.75, 3.05) is 4.90 Å². The maximum Gasteiger partial charge on any atom is 0.296 e. The van der Waals surface area contributed by atoms with Gasteiger partial charge in [-0.15, -0.1) is 0 Å². The molecule has 184 valence electrons. The fraction of sp³-hybridized carbons (Fsp3) is 0.138. The lowest BCUT2D eigenvalue weighted by Crippen LogP contribution is -2.29. The molecule has 1 aliphatic heterocycles. The molecule has 5 aromatic rings. The molecule has 0 unspecified atom stereocenters. The quantitative estimate of drug-likeness (QED) is 0.271. The Balaban J connectivity index is 1.47. The second-order valence-electron chi connectivity index (χ2n) is 9.03. The normalized spacial score (nSPS) is 14.8. The molecule has 8 heteroatoms. The Bertz CT molecular complexity index is 1720. The number of carbonyl (C=O) groups excluding carboxylic acids is 1. The van der Waals surface area contributed by atoms with E-state index in [-0.39, 0.29) is 16.8 Å². The third kappa shape index (κ3) is 4.07. The number of halogens is 1. The Morgan fingerprint density at radius 1 is 1.00 bits per heavy atom. The van der Waals surface area contributed by atoms with E-state index in [1.165, 1.54) is 4.90 Å². The number of aryl methyl sites for hydroxylation is 2. The number of fused-ring (bicyclic) bond motifs is 2. The first-order valence-corrected chi connectivity index (χ1v) is 12.1. The van der Waals surface area contributed by atoms with Gasteiger partial charge >= 0.3 is 0 Å². The Morgan fingerprint density at radius 2 is 1.81 bits per heavy atom. The molecule has 0 bridgehead atoms. The first kappa shape index (κ1) is 23.1. The first-order valence-electron chi connectivity index (χ1n) is 11.7. The fourth-order valence-electron chi connectivity index (χ4n) is 4.63. The number of nitrogens with zero attached hydrogens (tertiary/aromatic N) is 2. The van der Waals surface area contributed by atoms with E-state index in [0.29, 0.717) is 45.5 Å². The van der Waals surface area contributed by atoms with Crippen molar-refractivity contribution < 1.29 is 18.5 Å². The van der Waals surface area contributed by atoms with Gasteiger partial charge in [-0.3, -0.25) is 14.5 Å². The number of hydrogen-bond donors (Lipinski definition) is 0. The number of amides is 1. The van der Waals surface area contributed by atoms with Crippen molar-refractivity contribution in [2.24, 2.45) is 0 Å². The van der Waals surface area contributed by atoms with Crippen LogP contribution in [0.4, 0.5) is 5.82 Å². The van der Waals surface area contributed by atoms with Crippen LogP contribution >= 0.6 is 11.6 Å². The molecule has 0 fully saturated rings. The van der Waals surface area contributed by atoms with Crippen LogP contribution in [0.5, 0.6) is 5.75 Å². The van der Waals surface area contributed by atoms with Crippen molar-refractivity contribution in [3.63, 3.8) is 0 Å². The number of aromatic nitrogens is 1. The molecule has 0 radical (unpaired) electrons. The number of anilines is 1. The molecule has 3 aromatic carbocycles.